The van der Waals surface area contributed by atoms with Gasteiger partial charge in [-0.3, -0.25) is 9.59 Å². The molecule has 0 saturated carbocycles. The van der Waals surface area contributed by atoms with Gasteiger partial charge < -0.3 is 16.0 Å². The second-order valence-corrected chi connectivity index (χ2v) is 7.30. The van der Waals surface area contributed by atoms with Crippen LogP contribution in [0.25, 0.3) is 0 Å². The number of amides is 2. The molecular formula is C16H27ClN4O4S. The molecule has 4 N–H and O–H groups in total. The summed E-state index contributed by atoms with van der Waals surface area (Å²) < 4.78 is 26.9. The number of carbonyl (C=O) groups excluding carboxylic acids is 2. The second kappa shape index (κ2) is 11.8. The summed E-state index contributed by atoms with van der Waals surface area (Å²) in [6, 6.07) is 4.81. The van der Waals surface area contributed by atoms with E-state index in [1.807, 2.05) is 6.92 Å². The van der Waals surface area contributed by atoms with Gasteiger partial charge in [-0.05, 0) is 44.2 Å². The summed E-state index contributed by atoms with van der Waals surface area (Å²) in [5.74, 6) is -0.635. The van der Waals surface area contributed by atoms with Crippen molar-refractivity contribution in [3.8, 4) is 0 Å². The largest absolute Gasteiger partial charge is 0.353 e. The van der Waals surface area contributed by atoms with Gasteiger partial charge in [0.1, 0.15) is 0 Å². The summed E-state index contributed by atoms with van der Waals surface area (Å²) in [7, 11) is -3.83. The fraction of sp³-hybridized carbons (Fsp3) is 0.500. The molecular weight excluding hydrogens is 380 g/mol. The second-order valence-electron chi connectivity index (χ2n) is 5.59. The molecule has 8 nitrogen and oxygen atoms in total. The molecule has 0 aliphatic heterocycles. The molecule has 1 aromatic rings. The molecule has 0 aromatic heterocycles. The lowest BCUT2D eigenvalue weighted by atomic mass is 10.3. The third-order valence-corrected chi connectivity index (χ3v) is 4.79. The first kappa shape index (κ1) is 24.3. The fourth-order valence-electron chi connectivity index (χ4n) is 2.00. The van der Waals surface area contributed by atoms with Gasteiger partial charge in [0.15, 0.2) is 0 Å². The number of hydrogen-bond acceptors (Lipinski definition) is 5. The van der Waals surface area contributed by atoms with Crippen LogP contribution in [0.1, 0.15) is 27.2 Å². The van der Waals surface area contributed by atoms with Gasteiger partial charge in [-0.2, -0.15) is 4.72 Å². The van der Waals surface area contributed by atoms with E-state index >= 15 is 0 Å². The third-order valence-electron chi connectivity index (χ3n) is 3.24. The Kier molecular flexibility index (Phi) is 11.1. The number of halogens is 1. The van der Waals surface area contributed by atoms with Gasteiger partial charge in [0.05, 0.1) is 10.9 Å². The van der Waals surface area contributed by atoms with Gasteiger partial charge in [0, 0.05) is 25.7 Å². The van der Waals surface area contributed by atoms with Crippen LogP contribution in [0.3, 0.4) is 0 Å². The zero-order chi connectivity index (χ0) is 18.9. The Labute approximate surface area is 161 Å². The topological polar surface area (TPSA) is 116 Å². The van der Waals surface area contributed by atoms with Crippen molar-refractivity contribution in [1.29, 1.82) is 0 Å². The SMILES string of the molecule is CCCNCCNC(=O)C(C)NS(=O)(=O)c1ccc(NC(C)=O)cc1.Cl. The standard InChI is InChI=1S/C16H26N4O4S.ClH/c1-4-9-17-10-11-18-16(22)12(2)20-25(23,24)15-7-5-14(6-8-15)19-13(3)21;/h5-8,12,17,20H,4,9-11H2,1-3H3,(H,18,22)(H,19,21);1H. The quantitative estimate of drug-likeness (QED) is 0.430. The molecule has 1 aromatic carbocycles. The molecule has 0 aliphatic carbocycles. The zero-order valence-corrected chi connectivity index (χ0v) is 16.8. The van der Waals surface area contributed by atoms with Gasteiger partial charge in [-0.25, -0.2) is 8.42 Å². The van der Waals surface area contributed by atoms with Crippen molar-refractivity contribution in [2.75, 3.05) is 25.0 Å². The Hall–Kier alpha value is -1.68. The first-order chi connectivity index (χ1) is 11.8. The van der Waals surface area contributed by atoms with Crippen LogP contribution in [0.4, 0.5) is 5.69 Å². The molecule has 0 saturated heterocycles. The highest BCUT2D eigenvalue weighted by molar-refractivity contribution is 7.89. The summed E-state index contributed by atoms with van der Waals surface area (Å²) in [4.78, 5) is 22.9. The van der Waals surface area contributed by atoms with Gasteiger partial charge in [-0.1, -0.05) is 6.92 Å². The van der Waals surface area contributed by atoms with Gasteiger partial charge >= 0.3 is 0 Å². The molecule has 0 fully saturated rings. The van der Waals surface area contributed by atoms with Crippen LogP contribution in [-0.4, -0.2) is 45.9 Å². The highest BCUT2D eigenvalue weighted by atomic mass is 35.5. The van der Waals surface area contributed by atoms with Crippen molar-refractivity contribution < 1.29 is 18.0 Å². The van der Waals surface area contributed by atoms with Gasteiger partial charge in [-0.15, -0.1) is 12.4 Å². The Morgan fingerprint density at radius 3 is 2.23 bits per heavy atom. The van der Waals surface area contributed by atoms with Crippen molar-refractivity contribution in [2.45, 2.75) is 38.1 Å². The highest BCUT2D eigenvalue weighted by Crippen LogP contribution is 2.14. The van der Waals surface area contributed by atoms with Crippen molar-refractivity contribution in [2.24, 2.45) is 0 Å². The monoisotopic (exact) mass is 406 g/mol. The number of anilines is 1. The summed E-state index contributed by atoms with van der Waals surface area (Å²) in [6.07, 6.45) is 1.00. The van der Waals surface area contributed by atoms with Crippen LogP contribution in [-0.2, 0) is 19.6 Å². The summed E-state index contributed by atoms with van der Waals surface area (Å²) in [5, 5.41) is 8.36. The summed E-state index contributed by atoms with van der Waals surface area (Å²) in [5.41, 5.74) is 0.497. The average molecular weight is 407 g/mol. The Morgan fingerprint density at radius 2 is 1.69 bits per heavy atom. The van der Waals surface area contributed by atoms with E-state index in [4.69, 9.17) is 0 Å². The first-order valence-electron chi connectivity index (χ1n) is 8.14. The van der Waals surface area contributed by atoms with E-state index in [-0.39, 0.29) is 23.2 Å². The van der Waals surface area contributed by atoms with Crippen LogP contribution in [0.2, 0.25) is 0 Å². The van der Waals surface area contributed by atoms with Crippen LogP contribution in [0, 0.1) is 0 Å². The van der Waals surface area contributed by atoms with E-state index in [0.717, 1.165) is 13.0 Å². The molecule has 0 spiro atoms. The molecule has 0 radical (unpaired) electrons. The molecule has 0 bridgehead atoms. The van der Waals surface area contributed by atoms with Crippen molar-refractivity contribution in [1.82, 2.24) is 15.4 Å². The molecule has 10 heteroatoms. The lowest BCUT2D eigenvalue weighted by molar-refractivity contribution is -0.122. The fourth-order valence-corrected chi connectivity index (χ4v) is 3.21. The molecule has 148 valence electrons. The maximum Gasteiger partial charge on any atom is 0.241 e. The Balaban J connectivity index is 0.00000625. The van der Waals surface area contributed by atoms with E-state index in [1.165, 1.54) is 38.1 Å². The van der Waals surface area contributed by atoms with E-state index < -0.39 is 22.0 Å². The summed E-state index contributed by atoms with van der Waals surface area (Å²) >= 11 is 0. The van der Waals surface area contributed by atoms with E-state index in [9.17, 15) is 18.0 Å². The molecule has 26 heavy (non-hydrogen) atoms. The van der Waals surface area contributed by atoms with E-state index in [1.54, 1.807) is 0 Å². The number of nitrogens with one attached hydrogen (secondary N) is 4. The maximum atomic E-state index is 12.3. The van der Waals surface area contributed by atoms with Gasteiger partial charge in [0.2, 0.25) is 21.8 Å². The first-order valence-corrected chi connectivity index (χ1v) is 9.63. The Bertz CT molecular complexity index is 680. The minimum atomic E-state index is -3.83. The molecule has 0 aliphatic rings. The minimum absolute atomic E-state index is 0. The summed E-state index contributed by atoms with van der Waals surface area (Å²) in [6.45, 7) is 6.82. The predicted molar refractivity (Wildman–Crippen MR) is 104 cm³/mol. The minimum Gasteiger partial charge on any atom is -0.353 e. The van der Waals surface area contributed by atoms with Gasteiger partial charge in [0.25, 0.3) is 0 Å². The smallest absolute Gasteiger partial charge is 0.241 e. The van der Waals surface area contributed by atoms with Crippen molar-refractivity contribution >= 4 is 39.9 Å². The lowest BCUT2D eigenvalue weighted by Crippen LogP contribution is -2.46. The molecule has 1 unspecified atom stereocenters. The average Bonchev–Trinajstić information content (AvgIpc) is 2.54. The molecule has 1 atom stereocenters. The number of rotatable bonds is 10. The van der Waals surface area contributed by atoms with Crippen molar-refractivity contribution in [3.05, 3.63) is 24.3 Å². The van der Waals surface area contributed by atoms with Crippen LogP contribution < -0.4 is 20.7 Å². The van der Waals surface area contributed by atoms with Crippen LogP contribution >= 0.6 is 12.4 Å². The lowest BCUT2D eigenvalue weighted by Gasteiger charge is -2.15. The molecule has 2 amide bonds. The number of hydrogen-bond donors (Lipinski definition) is 4. The van der Waals surface area contributed by atoms with E-state index in [2.05, 4.69) is 20.7 Å². The van der Waals surface area contributed by atoms with Crippen LogP contribution in [0.5, 0.6) is 0 Å². The Morgan fingerprint density at radius 1 is 1.08 bits per heavy atom. The van der Waals surface area contributed by atoms with E-state index in [0.29, 0.717) is 18.8 Å². The van der Waals surface area contributed by atoms with Crippen LogP contribution in [0.15, 0.2) is 29.2 Å². The predicted octanol–water partition coefficient (Wildman–Crippen LogP) is 0.849. The normalized spacial score (nSPS) is 12.0. The third kappa shape index (κ3) is 8.61. The molecule has 1 rings (SSSR count). The highest BCUT2D eigenvalue weighted by Gasteiger charge is 2.21. The number of carbonyl (C=O) groups is 2. The number of benzene rings is 1. The molecule has 0 heterocycles. The number of sulfonamides is 1. The maximum absolute atomic E-state index is 12.3. The van der Waals surface area contributed by atoms with Crippen molar-refractivity contribution in [3.63, 3.8) is 0 Å². The zero-order valence-electron chi connectivity index (χ0n) is 15.2.